The summed E-state index contributed by atoms with van der Waals surface area (Å²) < 4.78 is 4.93. The van der Waals surface area contributed by atoms with Crippen molar-refractivity contribution in [2.45, 2.75) is 0 Å². The van der Waals surface area contributed by atoms with Crippen LogP contribution < -0.4 is 0 Å². The fourth-order valence-electron chi connectivity index (χ4n) is 15.6. The van der Waals surface area contributed by atoms with Gasteiger partial charge in [0.25, 0.3) is 0 Å². The molecule has 0 amide bonds. The largest absolute Gasteiger partial charge is 0.262 e. The van der Waals surface area contributed by atoms with Gasteiger partial charge in [-0.1, -0.05) is 352 Å². The molecule has 0 saturated carbocycles. The lowest BCUT2D eigenvalue weighted by atomic mass is 9.98. The number of rotatable bonds is 14. The van der Waals surface area contributed by atoms with Gasteiger partial charge in [0.15, 0.2) is 34.9 Å². The lowest BCUT2D eigenvalue weighted by molar-refractivity contribution is 1.07. The molecule has 10 nitrogen and oxygen atoms in total. The second-order valence-electron chi connectivity index (χ2n) is 29.0. The molecule has 0 unspecified atom stereocenters. The molecule has 0 fully saturated rings. The van der Waals surface area contributed by atoms with Crippen molar-refractivity contribution in [1.29, 1.82) is 0 Å². The lowest BCUT2D eigenvalue weighted by Gasteiger charge is -2.10. The Hall–Kier alpha value is -15.3. The Morgan fingerprint density at radius 1 is 0.161 bits per heavy atom. The molecule has 0 aliphatic rings. The van der Waals surface area contributed by atoms with Crippen LogP contribution in [0.4, 0.5) is 0 Å². The van der Waals surface area contributed by atoms with Crippen LogP contribution in [0.5, 0.6) is 0 Å². The minimum absolute atomic E-state index is 0.634. The van der Waals surface area contributed by atoms with Crippen LogP contribution in [0.1, 0.15) is 0 Å². The number of hydrogen-bond acceptors (Lipinski definition) is 12. The molecule has 118 heavy (non-hydrogen) atoms. The first-order chi connectivity index (χ1) is 58.4. The van der Waals surface area contributed by atoms with Crippen LogP contribution >= 0.6 is 22.7 Å². The van der Waals surface area contributed by atoms with Crippen molar-refractivity contribution < 1.29 is 0 Å². The summed E-state index contributed by atoms with van der Waals surface area (Å²) in [5, 5.41) is 7.30. The summed E-state index contributed by atoms with van der Waals surface area (Å²) >= 11 is 3.61. The predicted octanol–water partition coefficient (Wildman–Crippen LogP) is 27.7. The molecule has 22 rings (SSSR count). The van der Waals surface area contributed by atoms with E-state index in [0.717, 1.165) is 133 Å². The van der Waals surface area contributed by atoms with Crippen LogP contribution in [0.3, 0.4) is 0 Å². The maximum Gasteiger partial charge on any atom is 0.164 e. The Labute approximate surface area is 688 Å². The summed E-state index contributed by atoms with van der Waals surface area (Å²) in [7, 11) is 0. The third-order valence-electron chi connectivity index (χ3n) is 21.8. The molecule has 0 N–H and O–H groups in total. The number of thiophene rings is 2. The number of aromatic nitrogens is 10. The van der Waals surface area contributed by atoms with E-state index < -0.39 is 0 Å². The van der Waals surface area contributed by atoms with E-state index in [1.807, 2.05) is 97.6 Å². The zero-order chi connectivity index (χ0) is 78.2. The number of hydrogen-bond donors (Lipinski definition) is 0. The second kappa shape index (κ2) is 30.9. The van der Waals surface area contributed by atoms with Gasteiger partial charge in [0.1, 0.15) is 0 Å². The first kappa shape index (κ1) is 70.5. The van der Waals surface area contributed by atoms with Gasteiger partial charge in [0, 0.05) is 98.6 Å². The minimum Gasteiger partial charge on any atom is -0.262 e. The van der Waals surface area contributed by atoms with Gasteiger partial charge < -0.3 is 0 Å². The van der Waals surface area contributed by atoms with Crippen molar-refractivity contribution in [3.05, 3.63) is 401 Å². The van der Waals surface area contributed by atoms with Crippen molar-refractivity contribution in [3.63, 3.8) is 0 Å². The number of benzene rings is 14. The Balaban J connectivity index is 0.000000147. The van der Waals surface area contributed by atoms with Gasteiger partial charge in [-0.15, -0.1) is 22.7 Å². The van der Waals surface area contributed by atoms with Crippen molar-refractivity contribution in [3.8, 4) is 158 Å². The van der Waals surface area contributed by atoms with Gasteiger partial charge in [-0.3, -0.25) is 9.97 Å². The molecule has 0 spiro atoms. The topological polar surface area (TPSA) is 129 Å². The SMILES string of the molecule is c1ccc(-c2ccc(-c3nc(-c4ccccc4)nc(-c4ccc(-c5ccc(-c6ccc(-c7nc8cnccc8c8c7sc7ccccc78)cc6)cc5)cc4)n3)cc2)cc1.c1ccc(-c2ccc(-c3nc(-c4ccccc4)nc(-c4ccc(-c5ccc(-c6ccc(-c7nc8cnccc8c8c7sc7ccccc78)cc6)cc5)cc4)n3)cc2)cc1. The van der Waals surface area contributed by atoms with Gasteiger partial charge in [-0.25, -0.2) is 39.9 Å². The number of fused-ring (bicyclic) bond motifs is 10. The van der Waals surface area contributed by atoms with E-state index in [-0.39, 0.29) is 0 Å². The minimum atomic E-state index is 0.634. The molecule has 0 radical (unpaired) electrons. The van der Waals surface area contributed by atoms with Crippen LogP contribution in [-0.2, 0) is 0 Å². The van der Waals surface area contributed by atoms with Crippen molar-refractivity contribution in [2.24, 2.45) is 0 Å². The molecule has 0 saturated heterocycles. The molecule has 22 aromatic rings. The fourth-order valence-corrected chi connectivity index (χ4v) is 18.1. The molecule has 0 bridgehead atoms. The summed E-state index contributed by atoms with van der Waals surface area (Å²) in [6.07, 6.45) is 7.44. The van der Waals surface area contributed by atoms with Gasteiger partial charge in [0.2, 0.25) is 0 Å². The summed E-state index contributed by atoms with van der Waals surface area (Å²) in [4.78, 5) is 48.7. The van der Waals surface area contributed by atoms with Crippen LogP contribution in [0.25, 0.3) is 220 Å². The van der Waals surface area contributed by atoms with E-state index in [1.54, 1.807) is 22.7 Å². The number of pyridine rings is 4. The molecule has 0 aliphatic heterocycles. The fraction of sp³-hybridized carbons (Fsp3) is 0. The normalized spacial score (nSPS) is 11.4. The third-order valence-corrected chi connectivity index (χ3v) is 24.1. The van der Waals surface area contributed by atoms with Crippen LogP contribution in [0.2, 0.25) is 0 Å². The third kappa shape index (κ3) is 13.9. The van der Waals surface area contributed by atoms with Gasteiger partial charge >= 0.3 is 0 Å². The molecule has 8 heterocycles. The Kier molecular flexibility index (Phi) is 18.4. The highest BCUT2D eigenvalue weighted by Crippen LogP contribution is 2.46. The lowest BCUT2D eigenvalue weighted by Crippen LogP contribution is -2.00. The first-order valence-electron chi connectivity index (χ1n) is 39.1. The molecule has 0 aliphatic carbocycles. The van der Waals surface area contributed by atoms with E-state index in [1.165, 1.54) is 51.5 Å². The molecule has 14 aromatic carbocycles. The average Bonchev–Trinajstić information content (AvgIpc) is 1.57. The molecule has 0 atom stereocenters. The predicted molar refractivity (Wildman–Crippen MR) is 488 cm³/mol. The highest BCUT2D eigenvalue weighted by molar-refractivity contribution is 7.27. The first-order valence-corrected chi connectivity index (χ1v) is 40.7. The summed E-state index contributed by atoms with van der Waals surface area (Å²) in [6.45, 7) is 0. The molecular formula is C106H66N10S2. The van der Waals surface area contributed by atoms with Crippen molar-refractivity contribution in [2.75, 3.05) is 0 Å². The van der Waals surface area contributed by atoms with E-state index in [4.69, 9.17) is 39.9 Å². The molecule has 8 aromatic heterocycles. The zero-order valence-corrected chi connectivity index (χ0v) is 65.0. The highest BCUT2D eigenvalue weighted by atomic mass is 32.1. The van der Waals surface area contributed by atoms with E-state index in [2.05, 4.69) is 313 Å². The Morgan fingerprint density at radius 2 is 0.364 bits per heavy atom. The van der Waals surface area contributed by atoms with E-state index in [9.17, 15) is 0 Å². The average molecular weight is 1540 g/mol. The molecular weight excluding hydrogens is 1480 g/mol. The molecule has 552 valence electrons. The summed E-state index contributed by atoms with van der Waals surface area (Å²) in [5.41, 5.74) is 25.4. The Bertz CT molecular complexity index is 6990. The van der Waals surface area contributed by atoms with E-state index >= 15 is 0 Å². The standard InChI is InChI=1S/2C53H33N5S/c2*1-3-9-34(10-4-1)35-21-27-42(28-22-35)52-56-51(41-11-5-2-6-12-41)57-53(58-52)43-29-23-39(24-30-43)37-17-15-36(16-18-37)38-19-25-40(26-20-38)49-50-48(44-31-32-54-33-46(44)55-49)45-13-7-8-14-47(45)59-50/h2*1-33H. The maximum atomic E-state index is 5.13. The van der Waals surface area contributed by atoms with Crippen molar-refractivity contribution >= 4 is 84.8 Å². The van der Waals surface area contributed by atoms with Crippen LogP contribution in [0, 0.1) is 0 Å². The maximum absolute atomic E-state index is 5.13. The second-order valence-corrected chi connectivity index (χ2v) is 31.1. The summed E-state index contributed by atoms with van der Waals surface area (Å²) in [6, 6.07) is 131. The smallest absolute Gasteiger partial charge is 0.164 e. The monoisotopic (exact) mass is 1540 g/mol. The Morgan fingerprint density at radius 3 is 0.627 bits per heavy atom. The summed E-state index contributed by atoms with van der Waals surface area (Å²) in [5.74, 6) is 3.83. The quantitative estimate of drug-likeness (QED) is 0.104. The van der Waals surface area contributed by atoms with E-state index in [0.29, 0.717) is 34.9 Å². The molecule has 12 heteroatoms. The highest BCUT2D eigenvalue weighted by Gasteiger charge is 2.21. The van der Waals surface area contributed by atoms with Gasteiger partial charge in [-0.2, -0.15) is 0 Å². The van der Waals surface area contributed by atoms with Crippen LogP contribution in [0.15, 0.2) is 401 Å². The van der Waals surface area contributed by atoms with Gasteiger partial charge in [0.05, 0.1) is 44.2 Å². The van der Waals surface area contributed by atoms with Crippen molar-refractivity contribution in [1.82, 2.24) is 49.8 Å². The number of nitrogens with zero attached hydrogens (tertiary/aromatic N) is 10. The zero-order valence-electron chi connectivity index (χ0n) is 63.4. The van der Waals surface area contributed by atoms with Gasteiger partial charge in [-0.05, 0) is 91.0 Å². The van der Waals surface area contributed by atoms with Crippen LogP contribution in [-0.4, -0.2) is 49.8 Å².